The minimum absolute atomic E-state index is 0.310. The van der Waals surface area contributed by atoms with E-state index < -0.39 is 11.7 Å². The molecule has 0 bridgehead atoms. The molecule has 3 nitrogen and oxygen atoms in total. The highest BCUT2D eigenvalue weighted by Gasteiger charge is 2.07. The molecule has 2 aromatic carbocycles. The maximum absolute atomic E-state index is 12.8. The summed E-state index contributed by atoms with van der Waals surface area (Å²) in [5.74, 6) is -0.843. The van der Waals surface area contributed by atoms with Crippen LogP contribution in [0.15, 0.2) is 47.6 Å². The number of carbonyl (C=O) groups excluding carboxylic acids is 1. The number of halogens is 3. The minimum atomic E-state index is -0.437. The zero-order valence-electron chi connectivity index (χ0n) is 11.0. The van der Waals surface area contributed by atoms with Gasteiger partial charge in [-0.05, 0) is 49.4 Å². The summed E-state index contributed by atoms with van der Waals surface area (Å²) in [6.45, 7) is 1.70. The second kappa shape index (κ2) is 6.70. The molecular formula is C15H11Cl2FN2O. The van der Waals surface area contributed by atoms with Gasteiger partial charge in [0, 0.05) is 21.2 Å². The Morgan fingerprint density at radius 1 is 1.14 bits per heavy atom. The maximum Gasteiger partial charge on any atom is 0.271 e. The molecule has 2 aromatic rings. The summed E-state index contributed by atoms with van der Waals surface area (Å²) < 4.78 is 12.8. The number of rotatable bonds is 3. The van der Waals surface area contributed by atoms with E-state index in [-0.39, 0.29) is 0 Å². The van der Waals surface area contributed by atoms with E-state index in [1.54, 1.807) is 25.1 Å². The Labute approximate surface area is 131 Å². The fourth-order valence-corrected chi connectivity index (χ4v) is 2.06. The molecule has 0 aliphatic carbocycles. The van der Waals surface area contributed by atoms with Gasteiger partial charge in [-0.2, -0.15) is 5.10 Å². The highest BCUT2D eigenvalue weighted by Crippen LogP contribution is 2.21. The number of carbonyl (C=O) groups is 1. The molecule has 108 valence electrons. The molecule has 21 heavy (non-hydrogen) atoms. The Balaban J connectivity index is 2.14. The molecule has 1 amide bonds. The Hall–Kier alpha value is -1.91. The second-order valence-corrected chi connectivity index (χ2v) is 5.11. The Bertz CT molecular complexity index is 699. The van der Waals surface area contributed by atoms with E-state index in [9.17, 15) is 9.18 Å². The largest absolute Gasteiger partial charge is 0.271 e. The third kappa shape index (κ3) is 4.03. The van der Waals surface area contributed by atoms with E-state index in [0.717, 1.165) is 0 Å². The SMILES string of the molecule is CC(=NNC(=O)c1ccc(F)cc1)c1cc(Cl)ccc1Cl. The van der Waals surface area contributed by atoms with Gasteiger partial charge in [-0.15, -0.1) is 0 Å². The van der Waals surface area contributed by atoms with Crippen LogP contribution in [0.25, 0.3) is 0 Å². The average Bonchev–Trinajstić information content (AvgIpc) is 2.47. The van der Waals surface area contributed by atoms with Gasteiger partial charge in [0.1, 0.15) is 5.82 Å². The van der Waals surface area contributed by atoms with Crippen molar-refractivity contribution in [2.45, 2.75) is 6.92 Å². The zero-order chi connectivity index (χ0) is 15.4. The smallest absolute Gasteiger partial charge is 0.267 e. The lowest BCUT2D eigenvalue weighted by Crippen LogP contribution is -2.19. The minimum Gasteiger partial charge on any atom is -0.267 e. The summed E-state index contributed by atoms with van der Waals surface area (Å²) in [4.78, 5) is 11.8. The number of hydrazone groups is 1. The summed E-state index contributed by atoms with van der Waals surface area (Å²) in [7, 11) is 0. The van der Waals surface area contributed by atoms with E-state index in [2.05, 4.69) is 10.5 Å². The van der Waals surface area contributed by atoms with E-state index in [4.69, 9.17) is 23.2 Å². The molecule has 0 heterocycles. The summed E-state index contributed by atoms with van der Waals surface area (Å²) in [6.07, 6.45) is 0. The fourth-order valence-electron chi connectivity index (χ4n) is 1.64. The molecule has 0 fully saturated rings. The van der Waals surface area contributed by atoms with Gasteiger partial charge in [-0.3, -0.25) is 4.79 Å². The second-order valence-electron chi connectivity index (χ2n) is 4.27. The highest BCUT2D eigenvalue weighted by molar-refractivity contribution is 6.36. The quantitative estimate of drug-likeness (QED) is 0.664. The molecule has 0 aliphatic rings. The van der Waals surface area contributed by atoms with Gasteiger partial charge in [0.05, 0.1) is 5.71 Å². The van der Waals surface area contributed by atoms with Crippen LogP contribution in [0.1, 0.15) is 22.8 Å². The molecule has 0 radical (unpaired) electrons. The number of nitrogens with zero attached hydrogens (tertiary/aromatic N) is 1. The first-order chi connectivity index (χ1) is 9.97. The van der Waals surface area contributed by atoms with Crippen LogP contribution >= 0.6 is 23.2 Å². The predicted octanol–water partition coefficient (Wildman–Crippen LogP) is 4.29. The number of hydrogen-bond acceptors (Lipinski definition) is 2. The van der Waals surface area contributed by atoms with Crippen molar-refractivity contribution < 1.29 is 9.18 Å². The topological polar surface area (TPSA) is 41.5 Å². The van der Waals surface area contributed by atoms with Crippen LogP contribution in [0.4, 0.5) is 4.39 Å². The lowest BCUT2D eigenvalue weighted by atomic mass is 10.1. The number of nitrogens with one attached hydrogen (secondary N) is 1. The van der Waals surface area contributed by atoms with E-state index in [1.807, 2.05) is 0 Å². The van der Waals surface area contributed by atoms with E-state index in [0.29, 0.717) is 26.9 Å². The zero-order valence-corrected chi connectivity index (χ0v) is 12.5. The molecule has 2 rings (SSSR count). The van der Waals surface area contributed by atoms with Gasteiger partial charge in [-0.25, -0.2) is 9.82 Å². The van der Waals surface area contributed by atoms with E-state index in [1.165, 1.54) is 24.3 Å². The van der Waals surface area contributed by atoms with Crippen LogP contribution in [0.5, 0.6) is 0 Å². The third-order valence-electron chi connectivity index (χ3n) is 2.75. The molecule has 0 aliphatic heterocycles. The van der Waals surface area contributed by atoms with Crippen molar-refractivity contribution in [3.8, 4) is 0 Å². The van der Waals surface area contributed by atoms with Crippen molar-refractivity contribution in [1.82, 2.24) is 5.43 Å². The molecule has 0 saturated carbocycles. The van der Waals surface area contributed by atoms with Crippen LogP contribution in [-0.4, -0.2) is 11.6 Å². The van der Waals surface area contributed by atoms with Gasteiger partial charge in [0.15, 0.2) is 0 Å². The standard InChI is InChI=1S/C15H11Cl2FN2O/c1-9(13-8-11(16)4-7-14(13)17)19-20-15(21)10-2-5-12(18)6-3-10/h2-8H,1H3,(H,20,21). The Morgan fingerprint density at radius 3 is 2.48 bits per heavy atom. The predicted molar refractivity (Wildman–Crippen MR) is 82.5 cm³/mol. The number of amides is 1. The molecule has 1 N–H and O–H groups in total. The highest BCUT2D eigenvalue weighted by atomic mass is 35.5. The summed E-state index contributed by atoms with van der Waals surface area (Å²) in [5.41, 5.74) is 3.84. The average molecular weight is 325 g/mol. The molecule has 6 heteroatoms. The molecule has 0 unspecified atom stereocenters. The van der Waals surface area contributed by atoms with Crippen molar-refractivity contribution in [2.75, 3.05) is 0 Å². The first-order valence-electron chi connectivity index (χ1n) is 6.03. The molecular weight excluding hydrogens is 314 g/mol. The van der Waals surface area contributed by atoms with Crippen LogP contribution in [0, 0.1) is 5.82 Å². The van der Waals surface area contributed by atoms with Crippen LogP contribution in [0.2, 0.25) is 10.0 Å². The number of hydrogen-bond donors (Lipinski definition) is 1. The van der Waals surface area contributed by atoms with Gasteiger partial charge in [0.2, 0.25) is 0 Å². The van der Waals surface area contributed by atoms with Crippen molar-refractivity contribution in [1.29, 1.82) is 0 Å². The summed E-state index contributed by atoms with van der Waals surface area (Å²) in [6, 6.07) is 10.1. The van der Waals surface area contributed by atoms with Crippen molar-refractivity contribution in [3.63, 3.8) is 0 Å². The van der Waals surface area contributed by atoms with E-state index >= 15 is 0 Å². The van der Waals surface area contributed by atoms with Crippen molar-refractivity contribution in [3.05, 3.63) is 69.5 Å². The monoisotopic (exact) mass is 324 g/mol. The molecule has 0 spiro atoms. The maximum atomic E-state index is 12.8. The molecule has 0 atom stereocenters. The summed E-state index contributed by atoms with van der Waals surface area (Å²) >= 11 is 11.9. The third-order valence-corrected chi connectivity index (χ3v) is 3.31. The van der Waals surface area contributed by atoms with Crippen molar-refractivity contribution in [2.24, 2.45) is 5.10 Å². The molecule has 0 saturated heterocycles. The normalized spacial score (nSPS) is 11.3. The van der Waals surface area contributed by atoms with Crippen LogP contribution in [0.3, 0.4) is 0 Å². The molecule has 0 aromatic heterocycles. The van der Waals surface area contributed by atoms with Gasteiger partial charge >= 0.3 is 0 Å². The lowest BCUT2D eigenvalue weighted by molar-refractivity contribution is 0.0955. The fraction of sp³-hybridized carbons (Fsp3) is 0.0667. The van der Waals surface area contributed by atoms with Gasteiger partial charge < -0.3 is 0 Å². The van der Waals surface area contributed by atoms with Gasteiger partial charge in [0.25, 0.3) is 5.91 Å². The van der Waals surface area contributed by atoms with Gasteiger partial charge in [-0.1, -0.05) is 23.2 Å². The first kappa shape index (κ1) is 15.5. The Morgan fingerprint density at radius 2 is 1.81 bits per heavy atom. The number of benzene rings is 2. The van der Waals surface area contributed by atoms with Crippen LogP contribution < -0.4 is 5.43 Å². The Kier molecular flexibility index (Phi) is 4.94. The first-order valence-corrected chi connectivity index (χ1v) is 6.78. The lowest BCUT2D eigenvalue weighted by Gasteiger charge is -2.05. The van der Waals surface area contributed by atoms with Crippen molar-refractivity contribution >= 4 is 34.8 Å². The van der Waals surface area contributed by atoms with Crippen LogP contribution in [-0.2, 0) is 0 Å². The summed E-state index contributed by atoms with van der Waals surface area (Å²) in [5, 5.41) is 4.98.